The molecule has 0 aromatic rings. The summed E-state index contributed by atoms with van der Waals surface area (Å²) in [4.78, 5) is 2.63. The van der Waals surface area contributed by atoms with Gasteiger partial charge in [-0.25, -0.2) is 0 Å². The zero-order valence-electron chi connectivity index (χ0n) is 9.91. The Hall–Kier alpha value is -0.0800. The van der Waals surface area contributed by atoms with E-state index in [0.717, 1.165) is 18.0 Å². The molecule has 0 spiro atoms. The lowest BCUT2D eigenvalue weighted by Gasteiger charge is -2.36. The van der Waals surface area contributed by atoms with Crippen molar-refractivity contribution >= 4 is 0 Å². The van der Waals surface area contributed by atoms with Gasteiger partial charge in [0.1, 0.15) is 0 Å². The first-order valence-corrected chi connectivity index (χ1v) is 6.67. The fraction of sp³-hybridized carbons (Fsp3) is 1.00. The van der Waals surface area contributed by atoms with Gasteiger partial charge in [0.25, 0.3) is 0 Å². The quantitative estimate of drug-likeness (QED) is 0.770. The minimum atomic E-state index is 0.280. The van der Waals surface area contributed by atoms with Crippen LogP contribution in [0.25, 0.3) is 0 Å². The lowest BCUT2D eigenvalue weighted by Crippen LogP contribution is -2.40. The van der Waals surface area contributed by atoms with Crippen molar-refractivity contribution in [2.75, 3.05) is 7.05 Å². The van der Waals surface area contributed by atoms with Crippen LogP contribution in [0.2, 0.25) is 0 Å². The van der Waals surface area contributed by atoms with Crippen molar-refractivity contribution in [1.29, 1.82) is 0 Å². The highest BCUT2D eigenvalue weighted by Gasteiger charge is 2.41. The van der Waals surface area contributed by atoms with E-state index in [1.165, 1.54) is 51.4 Å². The van der Waals surface area contributed by atoms with E-state index in [9.17, 15) is 0 Å². The van der Waals surface area contributed by atoms with E-state index >= 15 is 0 Å². The molecule has 2 aliphatic heterocycles. The van der Waals surface area contributed by atoms with Gasteiger partial charge < -0.3 is 10.6 Å². The van der Waals surface area contributed by atoms with Crippen LogP contribution in [0.3, 0.4) is 0 Å². The Morgan fingerprint density at radius 2 is 1.80 bits per heavy atom. The van der Waals surface area contributed by atoms with E-state index in [2.05, 4.69) is 11.9 Å². The lowest BCUT2D eigenvalue weighted by atomic mass is 9.86. The van der Waals surface area contributed by atoms with Gasteiger partial charge in [-0.05, 0) is 64.3 Å². The third-order valence-electron chi connectivity index (χ3n) is 5.14. The van der Waals surface area contributed by atoms with Crippen molar-refractivity contribution in [1.82, 2.24) is 4.90 Å². The van der Waals surface area contributed by atoms with E-state index in [4.69, 9.17) is 5.73 Å². The van der Waals surface area contributed by atoms with Crippen molar-refractivity contribution in [2.24, 2.45) is 11.7 Å². The summed E-state index contributed by atoms with van der Waals surface area (Å²) in [7, 11) is 2.32. The number of nitrogens with two attached hydrogens (primary N) is 1. The van der Waals surface area contributed by atoms with Crippen molar-refractivity contribution in [3.8, 4) is 0 Å². The Labute approximate surface area is 93.2 Å². The molecule has 0 amide bonds. The molecule has 2 saturated heterocycles. The summed E-state index contributed by atoms with van der Waals surface area (Å²) >= 11 is 0. The summed E-state index contributed by atoms with van der Waals surface area (Å²) < 4.78 is 0. The number of hydrogen-bond donors (Lipinski definition) is 1. The predicted molar refractivity (Wildman–Crippen MR) is 62.7 cm³/mol. The first-order chi connectivity index (χ1) is 7.16. The van der Waals surface area contributed by atoms with E-state index in [-0.39, 0.29) is 5.54 Å². The molecule has 86 valence electrons. The number of rotatable bonds is 3. The molecule has 0 aromatic carbocycles. The molecule has 3 aliphatic rings. The first kappa shape index (κ1) is 10.1. The van der Waals surface area contributed by atoms with Gasteiger partial charge in [-0.3, -0.25) is 0 Å². The van der Waals surface area contributed by atoms with Crippen LogP contribution in [-0.4, -0.2) is 29.6 Å². The maximum absolute atomic E-state index is 6.17. The zero-order chi connectivity index (χ0) is 10.5. The van der Waals surface area contributed by atoms with Crippen LogP contribution in [0, 0.1) is 5.92 Å². The molecule has 0 radical (unpaired) electrons. The maximum atomic E-state index is 6.17. The summed E-state index contributed by atoms with van der Waals surface area (Å²) in [6, 6.07) is 1.81. The van der Waals surface area contributed by atoms with E-state index in [1.807, 2.05) is 0 Å². The summed E-state index contributed by atoms with van der Waals surface area (Å²) in [5.41, 5.74) is 6.45. The van der Waals surface area contributed by atoms with Crippen LogP contribution in [0.5, 0.6) is 0 Å². The highest BCUT2D eigenvalue weighted by molar-refractivity contribution is 5.00. The number of nitrogens with zero attached hydrogens (tertiary/aromatic N) is 1. The van der Waals surface area contributed by atoms with Crippen molar-refractivity contribution in [3.05, 3.63) is 0 Å². The van der Waals surface area contributed by atoms with Crippen molar-refractivity contribution in [3.63, 3.8) is 0 Å². The standard InChI is InChI=1S/C13H24N2/c1-15-11-2-3-12(15)9-10(8-11)4-5-13(14)6-7-13/h10-12H,2-9,14H2,1H3. The maximum Gasteiger partial charge on any atom is 0.0155 e. The van der Waals surface area contributed by atoms with Gasteiger partial charge in [0.15, 0.2) is 0 Å². The Kier molecular flexibility index (Phi) is 2.33. The number of piperidine rings is 1. The Balaban J connectivity index is 1.52. The third-order valence-corrected chi connectivity index (χ3v) is 5.14. The summed E-state index contributed by atoms with van der Waals surface area (Å²) in [6.07, 6.45) is 11.1. The minimum absolute atomic E-state index is 0.280. The van der Waals surface area contributed by atoms with Gasteiger partial charge in [0.05, 0.1) is 0 Å². The van der Waals surface area contributed by atoms with Crippen LogP contribution in [0.4, 0.5) is 0 Å². The second-order valence-electron chi connectivity index (χ2n) is 6.29. The van der Waals surface area contributed by atoms with Crippen LogP contribution in [-0.2, 0) is 0 Å². The van der Waals surface area contributed by atoms with Crippen molar-refractivity contribution in [2.45, 2.75) is 69.0 Å². The van der Waals surface area contributed by atoms with E-state index in [1.54, 1.807) is 0 Å². The molecule has 15 heavy (non-hydrogen) atoms. The highest BCUT2D eigenvalue weighted by Crippen LogP contribution is 2.43. The molecule has 2 atom stereocenters. The van der Waals surface area contributed by atoms with Gasteiger partial charge in [-0.2, -0.15) is 0 Å². The van der Waals surface area contributed by atoms with Crippen LogP contribution in [0.15, 0.2) is 0 Å². The smallest absolute Gasteiger partial charge is 0.0155 e. The van der Waals surface area contributed by atoms with Crippen LogP contribution in [0.1, 0.15) is 51.4 Å². The number of hydrogen-bond acceptors (Lipinski definition) is 2. The lowest BCUT2D eigenvalue weighted by molar-refractivity contribution is 0.127. The molecule has 2 nitrogen and oxygen atoms in total. The van der Waals surface area contributed by atoms with Crippen molar-refractivity contribution < 1.29 is 0 Å². The molecular formula is C13H24N2. The monoisotopic (exact) mass is 208 g/mol. The van der Waals surface area contributed by atoms with E-state index < -0.39 is 0 Å². The summed E-state index contributed by atoms with van der Waals surface area (Å²) in [5, 5.41) is 0. The minimum Gasteiger partial charge on any atom is -0.325 e. The van der Waals surface area contributed by atoms with Gasteiger partial charge in [0.2, 0.25) is 0 Å². The molecule has 2 N–H and O–H groups in total. The third kappa shape index (κ3) is 1.94. The molecule has 3 rings (SSSR count). The predicted octanol–water partition coefficient (Wildman–Crippen LogP) is 2.13. The average Bonchev–Trinajstić information content (AvgIpc) is 2.91. The van der Waals surface area contributed by atoms with Gasteiger partial charge in [0, 0.05) is 17.6 Å². The summed E-state index contributed by atoms with van der Waals surface area (Å²) in [5.74, 6) is 0.986. The van der Waals surface area contributed by atoms with Crippen LogP contribution >= 0.6 is 0 Å². The average molecular weight is 208 g/mol. The largest absolute Gasteiger partial charge is 0.325 e. The Morgan fingerprint density at radius 3 is 2.33 bits per heavy atom. The highest BCUT2D eigenvalue weighted by atomic mass is 15.2. The molecule has 1 saturated carbocycles. The first-order valence-electron chi connectivity index (χ1n) is 6.67. The Bertz CT molecular complexity index is 233. The number of fused-ring (bicyclic) bond motifs is 2. The normalized spacial score (nSPS) is 43.2. The second kappa shape index (κ2) is 3.46. The fourth-order valence-electron chi connectivity index (χ4n) is 3.66. The Morgan fingerprint density at radius 1 is 1.20 bits per heavy atom. The molecule has 0 aromatic heterocycles. The molecule has 2 unspecified atom stereocenters. The van der Waals surface area contributed by atoms with Gasteiger partial charge >= 0.3 is 0 Å². The zero-order valence-corrected chi connectivity index (χ0v) is 9.91. The molecule has 2 bridgehead atoms. The SMILES string of the molecule is CN1C2CCC1CC(CCC1(N)CC1)C2. The molecule has 1 aliphatic carbocycles. The van der Waals surface area contributed by atoms with Gasteiger partial charge in [-0.15, -0.1) is 0 Å². The molecule has 3 fully saturated rings. The fourth-order valence-corrected chi connectivity index (χ4v) is 3.66. The molecule has 2 heterocycles. The van der Waals surface area contributed by atoms with Gasteiger partial charge in [-0.1, -0.05) is 0 Å². The second-order valence-corrected chi connectivity index (χ2v) is 6.29. The summed E-state index contributed by atoms with van der Waals surface area (Å²) in [6.45, 7) is 0. The molecule has 2 heteroatoms. The van der Waals surface area contributed by atoms with E-state index in [0.29, 0.717) is 0 Å². The molecular weight excluding hydrogens is 184 g/mol. The van der Waals surface area contributed by atoms with Crippen LogP contribution < -0.4 is 5.73 Å². The topological polar surface area (TPSA) is 29.3 Å².